The molecular weight excluding hydrogens is 294 g/mol. The number of aromatic nitrogens is 3. The monoisotopic (exact) mass is 311 g/mol. The molecule has 4 rings (SSSR count). The Balaban J connectivity index is 1.44. The third-order valence-corrected chi connectivity index (χ3v) is 4.17. The van der Waals surface area contributed by atoms with Gasteiger partial charge in [-0.05, 0) is 31.5 Å². The second-order valence-corrected chi connectivity index (χ2v) is 5.72. The summed E-state index contributed by atoms with van der Waals surface area (Å²) in [7, 11) is 0. The van der Waals surface area contributed by atoms with Gasteiger partial charge in [-0.25, -0.2) is 9.50 Å². The van der Waals surface area contributed by atoms with Gasteiger partial charge in [-0.3, -0.25) is 4.79 Å². The number of anilines is 1. The Morgan fingerprint density at radius 1 is 1.39 bits per heavy atom. The number of nitrogens with one attached hydrogen (secondary N) is 1. The van der Waals surface area contributed by atoms with Gasteiger partial charge in [0.2, 0.25) is 0 Å². The van der Waals surface area contributed by atoms with Crippen LogP contribution in [0, 0.1) is 6.92 Å². The quantitative estimate of drug-likeness (QED) is 0.800. The molecule has 0 saturated carbocycles. The van der Waals surface area contributed by atoms with Gasteiger partial charge in [0.05, 0.1) is 11.8 Å². The Hall–Kier alpha value is -2.83. The van der Waals surface area contributed by atoms with Crippen LogP contribution < -0.4 is 5.32 Å². The van der Waals surface area contributed by atoms with E-state index in [4.69, 9.17) is 4.42 Å². The highest BCUT2D eigenvalue weighted by molar-refractivity contribution is 5.95. The van der Waals surface area contributed by atoms with Crippen molar-refractivity contribution in [3.05, 3.63) is 48.2 Å². The first-order valence-corrected chi connectivity index (χ1v) is 7.61. The average molecular weight is 311 g/mol. The van der Waals surface area contributed by atoms with Gasteiger partial charge in [-0.2, -0.15) is 0 Å². The number of carbonyl (C=O) groups is 1. The zero-order chi connectivity index (χ0) is 15.8. The SMILES string of the molecule is Cc1occc1C(=O)N1CCC(Nc2ccc3nccn3n2)C1. The van der Waals surface area contributed by atoms with E-state index in [9.17, 15) is 4.79 Å². The zero-order valence-corrected chi connectivity index (χ0v) is 12.8. The minimum absolute atomic E-state index is 0.0265. The largest absolute Gasteiger partial charge is 0.469 e. The molecule has 23 heavy (non-hydrogen) atoms. The van der Waals surface area contributed by atoms with E-state index in [1.54, 1.807) is 23.0 Å². The van der Waals surface area contributed by atoms with Crippen LogP contribution in [0.5, 0.6) is 0 Å². The molecule has 1 fully saturated rings. The summed E-state index contributed by atoms with van der Waals surface area (Å²) < 4.78 is 6.95. The fourth-order valence-electron chi connectivity index (χ4n) is 2.94. The maximum atomic E-state index is 12.5. The summed E-state index contributed by atoms with van der Waals surface area (Å²) in [5.41, 5.74) is 1.46. The lowest BCUT2D eigenvalue weighted by atomic mass is 10.2. The van der Waals surface area contributed by atoms with Crippen molar-refractivity contribution in [1.82, 2.24) is 19.5 Å². The minimum atomic E-state index is 0.0265. The maximum Gasteiger partial charge on any atom is 0.257 e. The number of likely N-dealkylation sites (tertiary alicyclic amines) is 1. The summed E-state index contributed by atoms with van der Waals surface area (Å²) in [5, 5.41) is 7.85. The van der Waals surface area contributed by atoms with Gasteiger partial charge in [0.1, 0.15) is 11.6 Å². The molecule has 0 radical (unpaired) electrons. The number of imidazole rings is 1. The maximum absolute atomic E-state index is 12.5. The Kier molecular flexibility index (Phi) is 3.25. The van der Waals surface area contributed by atoms with Crippen LogP contribution in [0.1, 0.15) is 22.5 Å². The molecule has 0 spiro atoms. The highest BCUT2D eigenvalue weighted by Crippen LogP contribution is 2.19. The zero-order valence-electron chi connectivity index (χ0n) is 12.8. The molecule has 1 aliphatic heterocycles. The van der Waals surface area contributed by atoms with Gasteiger partial charge in [0.15, 0.2) is 5.65 Å². The molecule has 7 heteroatoms. The number of carbonyl (C=O) groups excluding carboxylic acids is 1. The van der Waals surface area contributed by atoms with Crippen molar-refractivity contribution in [1.29, 1.82) is 0 Å². The van der Waals surface area contributed by atoms with Gasteiger partial charge in [-0.15, -0.1) is 5.10 Å². The van der Waals surface area contributed by atoms with Crippen molar-refractivity contribution in [2.75, 3.05) is 18.4 Å². The number of hydrogen-bond acceptors (Lipinski definition) is 5. The standard InChI is InChI=1S/C16H17N5O2/c1-11-13(5-9-23-11)16(22)20-7-4-12(10-20)18-14-2-3-15-17-6-8-21(15)19-14/h2-3,5-6,8-9,12H,4,7,10H2,1H3,(H,18,19). The first-order valence-electron chi connectivity index (χ1n) is 7.61. The molecule has 1 N–H and O–H groups in total. The molecule has 7 nitrogen and oxygen atoms in total. The van der Waals surface area contributed by atoms with E-state index in [1.807, 2.05) is 30.2 Å². The van der Waals surface area contributed by atoms with Crippen LogP contribution in [-0.4, -0.2) is 44.5 Å². The van der Waals surface area contributed by atoms with Gasteiger partial charge < -0.3 is 14.6 Å². The number of amides is 1. The summed E-state index contributed by atoms with van der Waals surface area (Å²) in [4.78, 5) is 18.5. The van der Waals surface area contributed by atoms with E-state index in [0.29, 0.717) is 17.9 Å². The number of aryl methyl sites for hydroxylation is 1. The molecule has 118 valence electrons. The molecule has 1 saturated heterocycles. The molecule has 0 aromatic carbocycles. The van der Waals surface area contributed by atoms with Crippen molar-refractivity contribution in [2.24, 2.45) is 0 Å². The van der Waals surface area contributed by atoms with Crippen LogP contribution in [0.25, 0.3) is 5.65 Å². The van der Waals surface area contributed by atoms with E-state index in [0.717, 1.165) is 24.4 Å². The number of rotatable bonds is 3. The van der Waals surface area contributed by atoms with Gasteiger partial charge in [0, 0.05) is 31.5 Å². The van der Waals surface area contributed by atoms with Crippen LogP contribution in [0.4, 0.5) is 5.82 Å². The molecule has 4 heterocycles. The minimum Gasteiger partial charge on any atom is -0.469 e. The molecule has 3 aromatic heterocycles. The summed E-state index contributed by atoms with van der Waals surface area (Å²) in [6, 6.07) is 5.75. The fourth-order valence-corrected chi connectivity index (χ4v) is 2.94. The topological polar surface area (TPSA) is 75.7 Å². The number of hydrogen-bond donors (Lipinski definition) is 1. The Bertz CT molecular complexity index is 853. The molecule has 1 atom stereocenters. The van der Waals surface area contributed by atoms with Crippen LogP contribution in [0.2, 0.25) is 0 Å². The average Bonchev–Trinajstić information content (AvgIpc) is 3.26. The van der Waals surface area contributed by atoms with Crippen LogP contribution in [0.15, 0.2) is 41.3 Å². The van der Waals surface area contributed by atoms with Crippen molar-refractivity contribution in [3.8, 4) is 0 Å². The number of nitrogens with zero attached hydrogens (tertiary/aromatic N) is 4. The Morgan fingerprint density at radius 2 is 2.30 bits per heavy atom. The predicted molar refractivity (Wildman–Crippen MR) is 84.4 cm³/mol. The lowest BCUT2D eigenvalue weighted by Gasteiger charge is -2.17. The van der Waals surface area contributed by atoms with Gasteiger partial charge in [-0.1, -0.05) is 0 Å². The molecular formula is C16H17N5O2. The smallest absolute Gasteiger partial charge is 0.257 e. The Morgan fingerprint density at radius 3 is 3.13 bits per heavy atom. The Labute approximate surface area is 132 Å². The van der Waals surface area contributed by atoms with Crippen molar-refractivity contribution in [3.63, 3.8) is 0 Å². The molecule has 0 aliphatic carbocycles. The summed E-state index contributed by atoms with van der Waals surface area (Å²) in [6.45, 7) is 3.20. The van der Waals surface area contributed by atoms with Crippen LogP contribution in [0.3, 0.4) is 0 Å². The third kappa shape index (κ3) is 2.54. The summed E-state index contributed by atoms with van der Waals surface area (Å²) >= 11 is 0. The second kappa shape index (κ2) is 5.42. The van der Waals surface area contributed by atoms with E-state index < -0.39 is 0 Å². The number of fused-ring (bicyclic) bond motifs is 1. The van der Waals surface area contributed by atoms with Crippen molar-refractivity contribution < 1.29 is 9.21 Å². The van der Waals surface area contributed by atoms with Crippen molar-refractivity contribution in [2.45, 2.75) is 19.4 Å². The summed E-state index contributed by atoms with van der Waals surface area (Å²) in [5.74, 6) is 1.48. The molecule has 0 bridgehead atoms. The van der Waals surface area contributed by atoms with Gasteiger partial charge in [0.25, 0.3) is 5.91 Å². The van der Waals surface area contributed by atoms with Crippen molar-refractivity contribution >= 4 is 17.4 Å². The molecule has 3 aromatic rings. The van der Waals surface area contributed by atoms with E-state index >= 15 is 0 Å². The normalized spacial score (nSPS) is 17.8. The first-order chi connectivity index (χ1) is 11.2. The van der Waals surface area contributed by atoms with Crippen LogP contribution in [-0.2, 0) is 0 Å². The second-order valence-electron chi connectivity index (χ2n) is 5.72. The summed E-state index contributed by atoms with van der Waals surface area (Å²) in [6.07, 6.45) is 5.98. The lowest BCUT2D eigenvalue weighted by Crippen LogP contribution is -2.31. The van der Waals surface area contributed by atoms with E-state index in [1.165, 1.54) is 0 Å². The molecule has 1 aliphatic rings. The van der Waals surface area contributed by atoms with Crippen LogP contribution >= 0.6 is 0 Å². The molecule has 1 amide bonds. The van der Waals surface area contributed by atoms with E-state index in [-0.39, 0.29) is 11.9 Å². The lowest BCUT2D eigenvalue weighted by molar-refractivity contribution is 0.0790. The number of furan rings is 1. The van der Waals surface area contributed by atoms with E-state index in [2.05, 4.69) is 15.4 Å². The highest BCUT2D eigenvalue weighted by atomic mass is 16.3. The third-order valence-electron chi connectivity index (χ3n) is 4.17. The highest BCUT2D eigenvalue weighted by Gasteiger charge is 2.28. The first kappa shape index (κ1) is 13.8. The molecule has 1 unspecified atom stereocenters. The van der Waals surface area contributed by atoms with Gasteiger partial charge >= 0.3 is 0 Å². The predicted octanol–water partition coefficient (Wildman–Crippen LogP) is 1.96. The fraction of sp³-hybridized carbons (Fsp3) is 0.312.